The van der Waals surface area contributed by atoms with E-state index < -0.39 is 6.10 Å². The fourth-order valence-corrected chi connectivity index (χ4v) is 9.11. The number of rotatable bonds is 58. The van der Waals surface area contributed by atoms with Crippen LogP contribution in [-0.4, -0.2) is 37.2 Å². The van der Waals surface area contributed by atoms with Crippen LogP contribution in [0.3, 0.4) is 0 Å². The van der Waals surface area contributed by atoms with Crippen molar-refractivity contribution in [1.82, 2.24) is 0 Å². The van der Waals surface area contributed by atoms with Gasteiger partial charge < -0.3 is 14.2 Å². The molecular weight excluding hydrogens is 925 g/mol. The van der Waals surface area contributed by atoms with Crippen molar-refractivity contribution >= 4 is 17.9 Å². The van der Waals surface area contributed by atoms with Crippen LogP contribution in [0.5, 0.6) is 0 Å². The van der Waals surface area contributed by atoms with Gasteiger partial charge in [-0.3, -0.25) is 14.4 Å². The SMILES string of the molecule is CC/C=C\C/C=C\C/C=C\C/C=C\C/C=C\C/C=C\CCC(=O)OC[C@H](COC(=O)CCCCCCCCCCCCCCCCCCCCC)OC(=O)CCCCCCCCCCC/C=C\CCCCCCCC. The van der Waals surface area contributed by atoms with E-state index in [0.29, 0.717) is 19.3 Å². The molecule has 1 atom stereocenters. The summed E-state index contributed by atoms with van der Waals surface area (Å²) >= 11 is 0. The number of carbonyl (C=O) groups is 3. The van der Waals surface area contributed by atoms with Crippen LogP contribution in [0.25, 0.3) is 0 Å². The zero-order valence-electron chi connectivity index (χ0n) is 49.6. The van der Waals surface area contributed by atoms with Crippen molar-refractivity contribution in [3.05, 3.63) is 85.1 Å². The summed E-state index contributed by atoms with van der Waals surface area (Å²) < 4.78 is 16.9. The topological polar surface area (TPSA) is 78.9 Å². The summed E-state index contributed by atoms with van der Waals surface area (Å²) in [5, 5.41) is 0. The molecule has 0 saturated heterocycles. The predicted octanol–water partition coefficient (Wildman–Crippen LogP) is 21.9. The monoisotopic (exact) mass is 1040 g/mol. The molecule has 0 aliphatic carbocycles. The van der Waals surface area contributed by atoms with Crippen molar-refractivity contribution in [1.29, 1.82) is 0 Å². The summed E-state index contributed by atoms with van der Waals surface area (Å²) in [6, 6.07) is 0. The minimum atomic E-state index is -0.808. The van der Waals surface area contributed by atoms with Crippen molar-refractivity contribution in [3.8, 4) is 0 Å². The van der Waals surface area contributed by atoms with Crippen LogP contribution in [0.2, 0.25) is 0 Å². The highest BCUT2D eigenvalue weighted by Gasteiger charge is 2.19. The Balaban J connectivity index is 4.46. The Morgan fingerprint density at radius 2 is 0.547 bits per heavy atom. The maximum Gasteiger partial charge on any atom is 0.306 e. The molecule has 0 aliphatic rings. The van der Waals surface area contributed by atoms with Crippen LogP contribution in [0.1, 0.15) is 316 Å². The van der Waals surface area contributed by atoms with Crippen LogP contribution in [0.15, 0.2) is 85.1 Å². The van der Waals surface area contributed by atoms with Gasteiger partial charge >= 0.3 is 17.9 Å². The molecule has 0 saturated carbocycles. The zero-order chi connectivity index (χ0) is 54.3. The van der Waals surface area contributed by atoms with Gasteiger partial charge in [0.25, 0.3) is 0 Å². The van der Waals surface area contributed by atoms with Crippen LogP contribution >= 0.6 is 0 Å². The summed E-state index contributed by atoms with van der Waals surface area (Å²) in [5.74, 6) is -0.973. The molecule has 0 amide bonds. The van der Waals surface area contributed by atoms with Gasteiger partial charge in [0.1, 0.15) is 13.2 Å². The average Bonchev–Trinajstić information content (AvgIpc) is 3.41. The van der Waals surface area contributed by atoms with Gasteiger partial charge in [0.2, 0.25) is 0 Å². The summed E-state index contributed by atoms with van der Waals surface area (Å²) in [6.07, 6.45) is 83.1. The highest BCUT2D eigenvalue weighted by atomic mass is 16.6. The van der Waals surface area contributed by atoms with E-state index in [1.807, 2.05) is 6.08 Å². The first kappa shape index (κ1) is 71.6. The average molecular weight is 1050 g/mol. The Morgan fingerprint density at radius 3 is 0.893 bits per heavy atom. The lowest BCUT2D eigenvalue weighted by Gasteiger charge is -2.18. The molecule has 0 heterocycles. The molecule has 0 aliphatic heterocycles. The van der Waals surface area contributed by atoms with Gasteiger partial charge in [-0.15, -0.1) is 0 Å². The molecule has 0 aromatic rings. The highest BCUT2D eigenvalue weighted by Crippen LogP contribution is 2.17. The van der Waals surface area contributed by atoms with Crippen LogP contribution in [0.4, 0.5) is 0 Å². The Bertz CT molecular complexity index is 1430. The third kappa shape index (κ3) is 61.3. The van der Waals surface area contributed by atoms with Gasteiger partial charge in [-0.05, 0) is 83.5 Å². The van der Waals surface area contributed by atoms with Crippen molar-refractivity contribution < 1.29 is 28.6 Å². The maximum atomic E-state index is 12.9. The van der Waals surface area contributed by atoms with Crippen molar-refractivity contribution in [2.45, 2.75) is 322 Å². The Morgan fingerprint density at radius 1 is 0.280 bits per heavy atom. The van der Waals surface area contributed by atoms with Crippen molar-refractivity contribution in [2.24, 2.45) is 0 Å². The van der Waals surface area contributed by atoms with Crippen LogP contribution < -0.4 is 0 Å². The molecule has 0 bridgehead atoms. The molecule has 0 spiro atoms. The van der Waals surface area contributed by atoms with E-state index in [4.69, 9.17) is 14.2 Å². The maximum absolute atomic E-state index is 12.9. The summed E-state index contributed by atoms with van der Waals surface area (Å²) in [6.45, 7) is 6.50. The number of hydrogen-bond acceptors (Lipinski definition) is 6. The fourth-order valence-electron chi connectivity index (χ4n) is 9.11. The third-order valence-electron chi connectivity index (χ3n) is 13.9. The number of esters is 3. The molecule has 0 rings (SSSR count). The molecule has 75 heavy (non-hydrogen) atoms. The van der Waals surface area contributed by atoms with E-state index in [1.54, 1.807) is 0 Å². The minimum absolute atomic E-state index is 0.0976. The summed E-state index contributed by atoms with van der Waals surface area (Å²) in [5.41, 5.74) is 0. The van der Waals surface area contributed by atoms with E-state index in [1.165, 1.54) is 193 Å². The molecule has 6 heteroatoms. The molecular formula is C69H120O6. The largest absolute Gasteiger partial charge is 0.462 e. The Hall–Kier alpha value is -3.41. The lowest BCUT2D eigenvalue weighted by atomic mass is 10.0. The second-order valence-corrected chi connectivity index (χ2v) is 21.3. The van der Waals surface area contributed by atoms with Crippen LogP contribution in [0, 0.1) is 0 Å². The molecule has 432 valence electrons. The van der Waals surface area contributed by atoms with E-state index in [-0.39, 0.29) is 37.5 Å². The molecule has 0 fully saturated rings. The standard InChI is InChI=1S/C69H120O6/c1-4-7-10-13-16-19-22-25-28-31-34-37-40-43-46-49-52-55-58-61-67(70)73-64-66(75-69(72)63-60-57-54-51-48-45-42-39-36-33-30-27-24-21-18-15-12-9-6-3)65-74-68(71)62-59-56-53-50-47-44-41-38-35-32-29-26-23-20-17-14-11-8-5-2/h7,10,16,19,25,27-28,30,34,37,43,46,52,55,66H,4-6,8-9,11-15,17-18,20-24,26,29,31-33,35-36,38-42,44-45,47-51,53-54,56-65H2,1-3H3/b10-7-,19-16-,28-25-,30-27-,37-34-,46-43-,55-52-/t66-/m1/s1. The zero-order valence-corrected chi connectivity index (χ0v) is 49.6. The fraction of sp³-hybridized carbons (Fsp3) is 0.754. The molecule has 0 aromatic carbocycles. The molecule has 0 aromatic heterocycles. The van der Waals surface area contributed by atoms with E-state index in [0.717, 1.165) is 77.0 Å². The van der Waals surface area contributed by atoms with E-state index >= 15 is 0 Å². The van der Waals surface area contributed by atoms with E-state index in [9.17, 15) is 14.4 Å². The summed E-state index contributed by atoms with van der Waals surface area (Å²) in [4.78, 5) is 38.3. The molecule has 0 N–H and O–H groups in total. The molecule has 0 unspecified atom stereocenters. The molecule has 0 radical (unpaired) electrons. The quantitative estimate of drug-likeness (QED) is 0.0261. The van der Waals surface area contributed by atoms with Gasteiger partial charge in [0.15, 0.2) is 6.10 Å². The van der Waals surface area contributed by atoms with Gasteiger partial charge in [-0.25, -0.2) is 0 Å². The smallest absolute Gasteiger partial charge is 0.306 e. The van der Waals surface area contributed by atoms with Crippen molar-refractivity contribution in [2.75, 3.05) is 13.2 Å². The lowest BCUT2D eigenvalue weighted by Crippen LogP contribution is -2.30. The van der Waals surface area contributed by atoms with Crippen molar-refractivity contribution in [3.63, 3.8) is 0 Å². The lowest BCUT2D eigenvalue weighted by molar-refractivity contribution is -0.166. The molecule has 6 nitrogen and oxygen atoms in total. The van der Waals surface area contributed by atoms with Gasteiger partial charge in [-0.1, -0.05) is 298 Å². The second-order valence-electron chi connectivity index (χ2n) is 21.3. The normalized spacial score (nSPS) is 12.6. The minimum Gasteiger partial charge on any atom is -0.462 e. The number of ether oxygens (including phenoxy) is 3. The van der Waals surface area contributed by atoms with Gasteiger partial charge in [0.05, 0.1) is 0 Å². The third-order valence-corrected chi connectivity index (χ3v) is 13.9. The Kier molecular flexibility index (Phi) is 60.3. The number of allylic oxidation sites excluding steroid dienone is 14. The highest BCUT2D eigenvalue weighted by molar-refractivity contribution is 5.71. The Labute approximate surface area is 465 Å². The van der Waals surface area contributed by atoms with E-state index in [2.05, 4.69) is 99.8 Å². The first-order valence-corrected chi connectivity index (χ1v) is 32.1. The number of carbonyl (C=O) groups excluding carboxylic acids is 3. The second kappa shape index (κ2) is 63.1. The first-order valence-electron chi connectivity index (χ1n) is 32.1. The van der Waals surface area contributed by atoms with Crippen LogP contribution in [-0.2, 0) is 28.6 Å². The number of hydrogen-bond donors (Lipinski definition) is 0. The number of unbranched alkanes of at least 4 members (excludes halogenated alkanes) is 33. The summed E-state index contributed by atoms with van der Waals surface area (Å²) in [7, 11) is 0. The predicted molar refractivity (Wildman–Crippen MR) is 325 cm³/mol. The first-order chi connectivity index (χ1) is 37.0. The van der Waals surface area contributed by atoms with Gasteiger partial charge in [0, 0.05) is 19.3 Å². The van der Waals surface area contributed by atoms with Gasteiger partial charge in [-0.2, -0.15) is 0 Å².